The average Bonchev–Trinajstić information content (AvgIpc) is 3.04. The molecular weight excluding hydrogens is 304 g/mol. The van der Waals surface area contributed by atoms with Crippen LogP contribution in [0, 0.1) is 0 Å². The zero-order valence-corrected chi connectivity index (χ0v) is 13.9. The smallest absolute Gasteiger partial charge is 0.335 e. The molecule has 1 heterocycles. The van der Waals surface area contributed by atoms with Gasteiger partial charge in [0.25, 0.3) is 0 Å². The zero-order valence-electron chi connectivity index (χ0n) is 13.1. The Bertz CT molecular complexity index is 829. The van der Waals surface area contributed by atoms with E-state index in [1.165, 1.54) is 16.0 Å². The maximum atomic E-state index is 11.2. The molecule has 2 nitrogen and oxygen atoms in total. The van der Waals surface area contributed by atoms with Crippen LogP contribution in [0.5, 0.6) is 0 Å². The average molecular weight is 322 g/mol. The fourth-order valence-corrected chi connectivity index (χ4v) is 3.52. The third kappa shape index (κ3) is 3.20. The first-order valence-electron chi connectivity index (χ1n) is 7.58. The molecule has 0 unspecified atom stereocenters. The van der Waals surface area contributed by atoms with Crippen LogP contribution < -0.4 is 0 Å². The third-order valence-corrected chi connectivity index (χ3v) is 4.89. The zero-order chi connectivity index (χ0) is 16.4. The van der Waals surface area contributed by atoms with Gasteiger partial charge in [-0.3, -0.25) is 0 Å². The van der Waals surface area contributed by atoms with Gasteiger partial charge in [0, 0.05) is 10.4 Å². The lowest BCUT2D eigenvalue weighted by atomic mass is 9.98. The maximum absolute atomic E-state index is 11.2. The predicted octanol–water partition coefficient (Wildman–Crippen LogP) is 5.90. The molecule has 0 aliphatic heterocycles. The first-order valence-corrected chi connectivity index (χ1v) is 8.46. The first kappa shape index (κ1) is 15.5. The summed E-state index contributed by atoms with van der Waals surface area (Å²) in [5.41, 5.74) is 4.82. The van der Waals surface area contributed by atoms with Gasteiger partial charge in [-0.05, 0) is 46.2 Å². The van der Waals surface area contributed by atoms with Crippen molar-refractivity contribution >= 4 is 17.3 Å². The van der Waals surface area contributed by atoms with Crippen LogP contribution in [0.15, 0.2) is 60.0 Å². The number of carbonyl (C=O) groups is 1. The summed E-state index contributed by atoms with van der Waals surface area (Å²) in [4.78, 5) is 12.4. The Kier molecular flexibility index (Phi) is 4.30. The van der Waals surface area contributed by atoms with Gasteiger partial charge in [0.15, 0.2) is 0 Å². The molecule has 0 saturated carbocycles. The summed E-state index contributed by atoms with van der Waals surface area (Å²) in [6, 6.07) is 17.8. The van der Waals surface area contributed by atoms with E-state index in [2.05, 4.69) is 49.6 Å². The Hall–Kier alpha value is -2.39. The van der Waals surface area contributed by atoms with Crippen LogP contribution in [0.2, 0.25) is 0 Å². The highest BCUT2D eigenvalue weighted by Gasteiger charge is 2.11. The van der Waals surface area contributed by atoms with Crippen molar-refractivity contribution in [3.05, 3.63) is 71.1 Å². The standard InChI is InChI=1S/C20H18O2S/c1-13(2)14-6-8-15(9-7-14)19-18(10-11-23-19)16-4-3-5-17(12-16)20(21)22/h3-13H,1-2H3,(H,21,22). The van der Waals surface area contributed by atoms with Crippen molar-refractivity contribution in [1.29, 1.82) is 0 Å². The minimum atomic E-state index is -0.898. The van der Waals surface area contributed by atoms with Crippen LogP contribution in [0.25, 0.3) is 21.6 Å². The fourth-order valence-electron chi connectivity index (χ4n) is 2.60. The molecular formula is C20H18O2S. The maximum Gasteiger partial charge on any atom is 0.335 e. The van der Waals surface area contributed by atoms with Crippen LogP contribution in [-0.2, 0) is 0 Å². The van der Waals surface area contributed by atoms with Gasteiger partial charge >= 0.3 is 5.97 Å². The molecule has 116 valence electrons. The van der Waals surface area contributed by atoms with E-state index in [4.69, 9.17) is 0 Å². The van der Waals surface area contributed by atoms with Gasteiger partial charge < -0.3 is 5.11 Å². The van der Waals surface area contributed by atoms with Crippen molar-refractivity contribution in [3.8, 4) is 21.6 Å². The summed E-state index contributed by atoms with van der Waals surface area (Å²) in [7, 11) is 0. The molecule has 0 spiro atoms. The number of aromatic carboxylic acids is 1. The van der Waals surface area contributed by atoms with Crippen LogP contribution >= 0.6 is 11.3 Å². The molecule has 0 radical (unpaired) electrons. The summed E-state index contributed by atoms with van der Waals surface area (Å²) in [6.45, 7) is 4.37. The van der Waals surface area contributed by atoms with Crippen LogP contribution in [0.3, 0.4) is 0 Å². The molecule has 3 aromatic rings. The Morgan fingerprint density at radius 3 is 2.39 bits per heavy atom. The molecule has 0 bridgehead atoms. The SMILES string of the molecule is CC(C)c1ccc(-c2sccc2-c2cccc(C(=O)O)c2)cc1. The summed E-state index contributed by atoms with van der Waals surface area (Å²) in [6.07, 6.45) is 0. The highest BCUT2D eigenvalue weighted by Crippen LogP contribution is 2.37. The van der Waals surface area contributed by atoms with E-state index in [1.807, 2.05) is 6.07 Å². The molecule has 0 aliphatic rings. The summed E-state index contributed by atoms with van der Waals surface area (Å²) in [5.74, 6) is -0.385. The van der Waals surface area contributed by atoms with Crippen molar-refractivity contribution < 1.29 is 9.90 Å². The molecule has 3 rings (SSSR count). The van der Waals surface area contributed by atoms with Gasteiger partial charge in [0.2, 0.25) is 0 Å². The van der Waals surface area contributed by atoms with E-state index in [0.717, 1.165) is 11.1 Å². The van der Waals surface area contributed by atoms with Gasteiger partial charge in [0.05, 0.1) is 5.56 Å². The van der Waals surface area contributed by atoms with E-state index in [9.17, 15) is 9.90 Å². The van der Waals surface area contributed by atoms with Crippen molar-refractivity contribution in [3.63, 3.8) is 0 Å². The third-order valence-electron chi connectivity index (χ3n) is 3.93. The number of carboxylic acids is 1. The topological polar surface area (TPSA) is 37.3 Å². The molecule has 2 aromatic carbocycles. The van der Waals surface area contributed by atoms with Crippen LogP contribution in [0.1, 0.15) is 35.7 Å². The number of benzene rings is 2. The number of rotatable bonds is 4. The molecule has 0 aliphatic carbocycles. The molecule has 1 aromatic heterocycles. The number of hydrogen-bond acceptors (Lipinski definition) is 2. The van der Waals surface area contributed by atoms with Gasteiger partial charge in [-0.1, -0.05) is 50.2 Å². The van der Waals surface area contributed by atoms with Gasteiger partial charge in [0.1, 0.15) is 0 Å². The van der Waals surface area contributed by atoms with Crippen LogP contribution in [-0.4, -0.2) is 11.1 Å². The minimum Gasteiger partial charge on any atom is -0.478 e. The molecule has 0 fully saturated rings. The van der Waals surface area contributed by atoms with E-state index in [0.29, 0.717) is 11.5 Å². The Balaban J connectivity index is 2.02. The highest BCUT2D eigenvalue weighted by molar-refractivity contribution is 7.14. The monoisotopic (exact) mass is 322 g/mol. The van der Waals surface area contributed by atoms with E-state index in [1.54, 1.807) is 29.5 Å². The van der Waals surface area contributed by atoms with E-state index in [-0.39, 0.29) is 0 Å². The van der Waals surface area contributed by atoms with Crippen molar-refractivity contribution in [2.45, 2.75) is 19.8 Å². The molecule has 0 atom stereocenters. The Labute approximate surface area is 140 Å². The molecule has 23 heavy (non-hydrogen) atoms. The normalized spacial score (nSPS) is 10.9. The second-order valence-electron chi connectivity index (χ2n) is 5.83. The van der Waals surface area contributed by atoms with Crippen molar-refractivity contribution in [2.24, 2.45) is 0 Å². The van der Waals surface area contributed by atoms with E-state index >= 15 is 0 Å². The highest BCUT2D eigenvalue weighted by atomic mass is 32.1. The number of hydrogen-bond donors (Lipinski definition) is 1. The van der Waals surface area contributed by atoms with Gasteiger partial charge in [-0.15, -0.1) is 11.3 Å². The number of thiophene rings is 1. The van der Waals surface area contributed by atoms with Crippen molar-refractivity contribution in [1.82, 2.24) is 0 Å². The van der Waals surface area contributed by atoms with Crippen molar-refractivity contribution in [2.75, 3.05) is 0 Å². The quantitative estimate of drug-likeness (QED) is 0.649. The Morgan fingerprint density at radius 1 is 1.00 bits per heavy atom. The molecule has 1 N–H and O–H groups in total. The Morgan fingerprint density at radius 2 is 1.74 bits per heavy atom. The predicted molar refractivity (Wildman–Crippen MR) is 96.2 cm³/mol. The molecule has 3 heteroatoms. The second kappa shape index (κ2) is 6.39. The largest absolute Gasteiger partial charge is 0.478 e. The molecule has 0 saturated heterocycles. The lowest BCUT2D eigenvalue weighted by Gasteiger charge is -2.08. The fraction of sp³-hybridized carbons (Fsp3) is 0.150. The summed E-state index contributed by atoms with van der Waals surface area (Å²) in [5, 5.41) is 11.2. The van der Waals surface area contributed by atoms with Crippen LogP contribution in [0.4, 0.5) is 0 Å². The van der Waals surface area contributed by atoms with E-state index < -0.39 is 5.97 Å². The minimum absolute atomic E-state index is 0.315. The number of carboxylic acid groups (broad SMARTS) is 1. The second-order valence-corrected chi connectivity index (χ2v) is 6.74. The summed E-state index contributed by atoms with van der Waals surface area (Å²) < 4.78 is 0. The lowest BCUT2D eigenvalue weighted by molar-refractivity contribution is 0.0697. The summed E-state index contributed by atoms with van der Waals surface area (Å²) >= 11 is 1.68. The van der Waals surface area contributed by atoms with Gasteiger partial charge in [-0.2, -0.15) is 0 Å². The lowest BCUT2D eigenvalue weighted by Crippen LogP contribution is -1.95. The molecule has 0 amide bonds. The first-order chi connectivity index (χ1) is 11.1. The van der Waals surface area contributed by atoms with Gasteiger partial charge in [-0.25, -0.2) is 4.79 Å².